The molecule has 0 saturated carbocycles. The zero-order chi connectivity index (χ0) is 9.72. The van der Waals surface area contributed by atoms with Gasteiger partial charge in [-0.05, 0) is 0 Å². The van der Waals surface area contributed by atoms with E-state index in [0.717, 1.165) is 0 Å². The molecule has 78 valence electrons. The maximum Gasteiger partial charge on any atom is 0.358 e. The van der Waals surface area contributed by atoms with Gasteiger partial charge in [0.25, 0.3) is 0 Å². The molecule has 0 atom stereocenters. The molecule has 5 heteroatoms. The minimum atomic E-state index is -0.538. The molecule has 0 aliphatic carbocycles. The summed E-state index contributed by atoms with van der Waals surface area (Å²) in [7, 11) is 0. The highest BCUT2D eigenvalue weighted by molar-refractivity contribution is 5.74. The molecule has 0 rings (SSSR count). The van der Waals surface area contributed by atoms with Crippen molar-refractivity contribution in [2.24, 2.45) is 11.8 Å². The predicted molar refractivity (Wildman–Crippen MR) is 45.5 cm³/mol. The van der Waals surface area contributed by atoms with Crippen molar-refractivity contribution in [2.75, 3.05) is 0 Å². The summed E-state index contributed by atoms with van der Waals surface area (Å²) in [6, 6.07) is 0. The van der Waals surface area contributed by atoms with Crippen molar-refractivity contribution >= 4 is 11.9 Å². The third kappa shape index (κ3) is 6.10. The second kappa shape index (κ2) is 6.42. The number of hydrogen-bond acceptors (Lipinski definition) is 4. The first-order valence-electron chi connectivity index (χ1n) is 3.87. The van der Waals surface area contributed by atoms with Crippen LogP contribution in [0.1, 0.15) is 27.7 Å². The van der Waals surface area contributed by atoms with Gasteiger partial charge in [-0.3, -0.25) is 0 Å². The Labute approximate surface area is 77.3 Å². The summed E-state index contributed by atoms with van der Waals surface area (Å²) < 4.78 is 0. The largest absolute Gasteiger partial charge is 0.412 e. The van der Waals surface area contributed by atoms with E-state index >= 15 is 0 Å². The Kier molecular flexibility index (Phi) is 7.12. The summed E-state index contributed by atoms with van der Waals surface area (Å²) in [5.74, 6) is -1.65. The molecular formula is C8H16O5. The van der Waals surface area contributed by atoms with Crippen LogP contribution in [0.25, 0.3) is 0 Å². The minimum Gasteiger partial charge on any atom is -0.412 e. The van der Waals surface area contributed by atoms with Gasteiger partial charge in [-0.15, -0.1) is 0 Å². The first kappa shape index (κ1) is 14.4. The topological polar surface area (TPSA) is 84.1 Å². The Bertz CT molecular complexity index is 153. The van der Waals surface area contributed by atoms with Crippen LogP contribution < -0.4 is 0 Å². The Balaban J connectivity index is 0. The first-order chi connectivity index (χ1) is 5.45. The van der Waals surface area contributed by atoms with E-state index in [1.165, 1.54) is 0 Å². The minimum absolute atomic E-state index is 0. The van der Waals surface area contributed by atoms with E-state index in [1.807, 2.05) is 0 Å². The van der Waals surface area contributed by atoms with E-state index in [-0.39, 0.29) is 17.3 Å². The van der Waals surface area contributed by atoms with E-state index in [0.29, 0.717) is 0 Å². The lowest BCUT2D eigenvalue weighted by Crippen LogP contribution is -2.18. The van der Waals surface area contributed by atoms with Gasteiger partial charge in [0, 0.05) is 0 Å². The van der Waals surface area contributed by atoms with Crippen molar-refractivity contribution in [3.8, 4) is 0 Å². The fraction of sp³-hybridized carbons (Fsp3) is 0.750. The SMILES string of the molecule is CC(C)C(=O)OOC(=O)C(C)C.O. The van der Waals surface area contributed by atoms with Gasteiger partial charge in [-0.1, -0.05) is 27.7 Å². The molecule has 0 fully saturated rings. The Morgan fingerprint density at radius 3 is 1.23 bits per heavy atom. The summed E-state index contributed by atoms with van der Waals surface area (Å²) in [5.41, 5.74) is 0. The summed E-state index contributed by atoms with van der Waals surface area (Å²) in [6.45, 7) is 6.63. The number of carbonyl (C=O) groups excluding carboxylic acids is 2. The van der Waals surface area contributed by atoms with Crippen LogP contribution in [-0.2, 0) is 19.4 Å². The van der Waals surface area contributed by atoms with Gasteiger partial charge in [-0.25, -0.2) is 19.4 Å². The molecule has 0 radical (unpaired) electrons. The molecule has 0 aromatic carbocycles. The molecule has 2 N–H and O–H groups in total. The van der Waals surface area contributed by atoms with Crippen molar-refractivity contribution in [1.29, 1.82) is 0 Å². The van der Waals surface area contributed by atoms with Crippen LogP contribution in [-0.4, -0.2) is 17.4 Å². The lowest BCUT2D eigenvalue weighted by Gasteiger charge is -2.05. The number of hydrogen-bond donors (Lipinski definition) is 0. The van der Waals surface area contributed by atoms with Gasteiger partial charge >= 0.3 is 11.9 Å². The van der Waals surface area contributed by atoms with Gasteiger partial charge in [0.15, 0.2) is 0 Å². The van der Waals surface area contributed by atoms with Gasteiger partial charge in [0.05, 0.1) is 11.8 Å². The van der Waals surface area contributed by atoms with Crippen molar-refractivity contribution in [1.82, 2.24) is 0 Å². The molecule has 5 nitrogen and oxygen atoms in total. The zero-order valence-electron chi connectivity index (χ0n) is 8.29. The van der Waals surface area contributed by atoms with Crippen molar-refractivity contribution in [3.05, 3.63) is 0 Å². The van der Waals surface area contributed by atoms with Gasteiger partial charge in [0.1, 0.15) is 0 Å². The van der Waals surface area contributed by atoms with Crippen LogP contribution in [0.5, 0.6) is 0 Å². The van der Waals surface area contributed by atoms with E-state index in [2.05, 4.69) is 9.78 Å². The Morgan fingerprint density at radius 1 is 0.846 bits per heavy atom. The third-order valence-corrected chi connectivity index (χ3v) is 1.15. The van der Waals surface area contributed by atoms with Crippen LogP contribution in [0, 0.1) is 11.8 Å². The van der Waals surface area contributed by atoms with Crippen LogP contribution in [0.3, 0.4) is 0 Å². The lowest BCUT2D eigenvalue weighted by molar-refractivity contribution is -0.263. The summed E-state index contributed by atoms with van der Waals surface area (Å²) in [4.78, 5) is 30.0. The molecule has 0 saturated heterocycles. The van der Waals surface area contributed by atoms with Gasteiger partial charge in [0.2, 0.25) is 0 Å². The Morgan fingerprint density at radius 2 is 1.08 bits per heavy atom. The normalized spacial score (nSPS) is 9.38. The molecule has 0 amide bonds. The van der Waals surface area contributed by atoms with Crippen LogP contribution in [0.4, 0.5) is 0 Å². The highest BCUT2D eigenvalue weighted by Gasteiger charge is 2.15. The van der Waals surface area contributed by atoms with Crippen LogP contribution in [0.15, 0.2) is 0 Å². The number of carbonyl (C=O) groups is 2. The molecule has 0 bridgehead atoms. The molecule has 0 aliphatic rings. The predicted octanol–water partition coefficient (Wildman–Crippen LogP) is 0.475. The first-order valence-corrected chi connectivity index (χ1v) is 3.87. The zero-order valence-corrected chi connectivity index (χ0v) is 8.29. The molecule has 0 unspecified atom stereocenters. The summed E-state index contributed by atoms with van der Waals surface area (Å²) >= 11 is 0. The summed E-state index contributed by atoms with van der Waals surface area (Å²) in [6.07, 6.45) is 0. The summed E-state index contributed by atoms with van der Waals surface area (Å²) in [5, 5.41) is 0. The van der Waals surface area contributed by atoms with E-state index in [1.54, 1.807) is 27.7 Å². The quantitative estimate of drug-likeness (QED) is 0.470. The fourth-order valence-corrected chi connectivity index (χ4v) is 0.275. The van der Waals surface area contributed by atoms with Crippen molar-refractivity contribution in [2.45, 2.75) is 27.7 Å². The van der Waals surface area contributed by atoms with Crippen molar-refractivity contribution in [3.63, 3.8) is 0 Å². The van der Waals surface area contributed by atoms with E-state index in [4.69, 9.17) is 0 Å². The average Bonchev–Trinajstić information content (AvgIpc) is 1.98. The highest BCUT2D eigenvalue weighted by atomic mass is 17.2. The van der Waals surface area contributed by atoms with E-state index < -0.39 is 11.9 Å². The monoisotopic (exact) mass is 192 g/mol. The van der Waals surface area contributed by atoms with Gasteiger partial charge in [-0.2, -0.15) is 0 Å². The second-order valence-electron chi connectivity index (χ2n) is 3.11. The fourth-order valence-electron chi connectivity index (χ4n) is 0.275. The maximum atomic E-state index is 10.8. The van der Waals surface area contributed by atoms with E-state index in [9.17, 15) is 9.59 Å². The molecule has 0 aromatic rings. The second-order valence-corrected chi connectivity index (χ2v) is 3.11. The third-order valence-electron chi connectivity index (χ3n) is 1.15. The van der Waals surface area contributed by atoms with Crippen molar-refractivity contribution < 1.29 is 24.8 Å². The molecule has 0 aromatic heterocycles. The number of rotatable bonds is 2. The maximum absolute atomic E-state index is 10.8. The molecule has 0 heterocycles. The van der Waals surface area contributed by atoms with Crippen LogP contribution in [0.2, 0.25) is 0 Å². The standard InChI is InChI=1S/C8H14O4.H2O/c1-5(2)7(9)11-12-8(10)6(3)4;/h5-6H,1-4H3;1H2. The van der Waals surface area contributed by atoms with Gasteiger partial charge < -0.3 is 5.48 Å². The molecular weight excluding hydrogens is 176 g/mol. The molecule has 0 spiro atoms. The van der Waals surface area contributed by atoms with Crippen LogP contribution >= 0.6 is 0 Å². The Hall–Kier alpha value is -1.10. The molecule has 13 heavy (non-hydrogen) atoms. The smallest absolute Gasteiger partial charge is 0.358 e. The molecule has 0 aliphatic heterocycles. The average molecular weight is 192 g/mol. The highest BCUT2D eigenvalue weighted by Crippen LogP contribution is 2.00. The lowest BCUT2D eigenvalue weighted by atomic mass is 10.2.